The zero-order valence-electron chi connectivity index (χ0n) is 5.67. The second-order valence-electron chi connectivity index (χ2n) is 2.28. The fraction of sp³-hybridized carbons (Fsp3) is 0.571. The summed E-state index contributed by atoms with van der Waals surface area (Å²) in [6.07, 6.45) is 3.86. The highest BCUT2D eigenvalue weighted by atomic mass is 16.5. The second-order valence-corrected chi connectivity index (χ2v) is 2.28. The van der Waals surface area contributed by atoms with E-state index in [4.69, 9.17) is 9.84 Å². The average molecular weight is 142 g/mol. The number of ether oxygens (including phenoxy) is 1. The smallest absolute Gasteiger partial charge is 0.334 e. The van der Waals surface area contributed by atoms with E-state index >= 15 is 0 Å². The number of carboxylic acid groups (broad SMARTS) is 1. The van der Waals surface area contributed by atoms with Gasteiger partial charge in [0.25, 0.3) is 0 Å². The van der Waals surface area contributed by atoms with E-state index in [-0.39, 0.29) is 0 Å². The minimum atomic E-state index is -0.859. The SMILES string of the molecule is O=C(O)C1=COCCCC1. The normalized spacial score (nSPS) is 18.6. The molecule has 56 valence electrons. The van der Waals surface area contributed by atoms with E-state index in [9.17, 15) is 4.79 Å². The molecule has 0 saturated carbocycles. The number of carboxylic acids is 1. The van der Waals surface area contributed by atoms with Crippen molar-refractivity contribution < 1.29 is 14.6 Å². The molecular weight excluding hydrogens is 132 g/mol. The van der Waals surface area contributed by atoms with Crippen LogP contribution in [0.15, 0.2) is 11.8 Å². The second kappa shape index (κ2) is 3.25. The maximum absolute atomic E-state index is 10.4. The number of aliphatic carboxylic acids is 1. The van der Waals surface area contributed by atoms with Crippen molar-refractivity contribution in [2.75, 3.05) is 6.61 Å². The van der Waals surface area contributed by atoms with Gasteiger partial charge in [0.15, 0.2) is 0 Å². The molecule has 0 unspecified atom stereocenters. The summed E-state index contributed by atoms with van der Waals surface area (Å²) < 4.78 is 4.93. The summed E-state index contributed by atoms with van der Waals surface area (Å²) in [7, 11) is 0. The van der Waals surface area contributed by atoms with Gasteiger partial charge in [0, 0.05) is 0 Å². The molecule has 0 saturated heterocycles. The monoisotopic (exact) mass is 142 g/mol. The Balaban J connectivity index is 2.54. The Morgan fingerprint density at radius 2 is 2.40 bits per heavy atom. The maximum atomic E-state index is 10.4. The summed E-state index contributed by atoms with van der Waals surface area (Å²) in [6.45, 7) is 0.650. The van der Waals surface area contributed by atoms with Gasteiger partial charge in [-0.05, 0) is 19.3 Å². The Hall–Kier alpha value is -0.990. The maximum Gasteiger partial charge on any atom is 0.334 e. The van der Waals surface area contributed by atoms with E-state index < -0.39 is 5.97 Å². The molecule has 1 aliphatic rings. The molecule has 1 aliphatic heterocycles. The minimum absolute atomic E-state index is 0.387. The summed E-state index contributed by atoms with van der Waals surface area (Å²) in [6, 6.07) is 0. The molecule has 0 spiro atoms. The third kappa shape index (κ3) is 1.76. The van der Waals surface area contributed by atoms with Crippen LogP contribution in [-0.2, 0) is 9.53 Å². The van der Waals surface area contributed by atoms with Crippen LogP contribution in [0.5, 0.6) is 0 Å². The first-order valence-electron chi connectivity index (χ1n) is 3.34. The van der Waals surface area contributed by atoms with Crippen molar-refractivity contribution in [3.8, 4) is 0 Å². The molecule has 1 N–H and O–H groups in total. The van der Waals surface area contributed by atoms with Gasteiger partial charge >= 0.3 is 5.97 Å². The molecule has 0 atom stereocenters. The lowest BCUT2D eigenvalue weighted by Gasteiger charge is -1.94. The molecule has 1 rings (SSSR count). The fourth-order valence-corrected chi connectivity index (χ4v) is 0.877. The first-order chi connectivity index (χ1) is 4.80. The van der Waals surface area contributed by atoms with E-state index in [2.05, 4.69) is 0 Å². The molecule has 0 aromatic heterocycles. The molecule has 3 heteroatoms. The van der Waals surface area contributed by atoms with E-state index in [1.807, 2.05) is 0 Å². The van der Waals surface area contributed by atoms with Crippen molar-refractivity contribution in [3.05, 3.63) is 11.8 Å². The largest absolute Gasteiger partial charge is 0.501 e. The quantitative estimate of drug-likeness (QED) is 0.597. The molecule has 0 radical (unpaired) electrons. The van der Waals surface area contributed by atoms with Gasteiger partial charge in [0.05, 0.1) is 18.4 Å². The van der Waals surface area contributed by atoms with Crippen molar-refractivity contribution in [1.29, 1.82) is 0 Å². The van der Waals surface area contributed by atoms with E-state index in [0.717, 1.165) is 12.8 Å². The van der Waals surface area contributed by atoms with Crippen LogP contribution in [0.25, 0.3) is 0 Å². The van der Waals surface area contributed by atoms with Crippen molar-refractivity contribution in [3.63, 3.8) is 0 Å². The van der Waals surface area contributed by atoms with Gasteiger partial charge in [-0.3, -0.25) is 0 Å². The van der Waals surface area contributed by atoms with Gasteiger partial charge in [0.2, 0.25) is 0 Å². The van der Waals surface area contributed by atoms with Crippen LogP contribution in [-0.4, -0.2) is 17.7 Å². The topological polar surface area (TPSA) is 46.5 Å². The van der Waals surface area contributed by atoms with Crippen LogP contribution < -0.4 is 0 Å². The van der Waals surface area contributed by atoms with Crippen LogP contribution in [0.2, 0.25) is 0 Å². The average Bonchev–Trinajstić information content (AvgIpc) is 2.12. The number of rotatable bonds is 1. The molecule has 0 bridgehead atoms. The van der Waals surface area contributed by atoms with Crippen molar-refractivity contribution >= 4 is 5.97 Å². The van der Waals surface area contributed by atoms with E-state index in [0.29, 0.717) is 18.6 Å². The van der Waals surface area contributed by atoms with Crippen molar-refractivity contribution in [2.45, 2.75) is 19.3 Å². The summed E-state index contributed by atoms with van der Waals surface area (Å²) in [5, 5.41) is 8.51. The molecule has 3 nitrogen and oxygen atoms in total. The Morgan fingerprint density at radius 1 is 1.60 bits per heavy atom. The van der Waals surface area contributed by atoms with Crippen LogP contribution in [0.1, 0.15) is 19.3 Å². The Bertz CT molecular complexity index is 160. The highest BCUT2D eigenvalue weighted by Gasteiger charge is 2.09. The minimum Gasteiger partial charge on any atom is -0.501 e. The highest BCUT2D eigenvalue weighted by molar-refractivity contribution is 5.86. The molecular formula is C7H10O3. The van der Waals surface area contributed by atoms with Crippen molar-refractivity contribution in [1.82, 2.24) is 0 Å². The van der Waals surface area contributed by atoms with Crippen LogP contribution >= 0.6 is 0 Å². The fourth-order valence-electron chi connectivity index (χ4n) is 0.877. The Kier molecular flexibility index (Phi) is 2.31. The molecule has 0 aliphatic carbocycles. The molecule has 0 aromatic carbocycles. The summed E-state index contributed by atoms with van der Waals surface area (Å²) >= 11 is 0. The zero-order valence-corrected chi connectivity index (χ0v) is 5.67. The lowest BCUT2D eigenvalue weighted by molar-refractivity contribution is -0.132. The van der Waals surface area contributed by atoms with Crippen LogP contribution in [0.3, 0.4) is 0 Å². The first kappa shape index (κ1) is 7.12. The molecule has 0 fully saturated rings. The Morgan fingerprint density at radius 3 is 3.10 bits per heavy atom. The Labute approximate surface area is 59.3 Å². The standard InChI is InChI=1S/C7H10O3/c8-7(9)6-3-1-2-4-10-5-6/h5H,1-4H2,(H,8,9). The van der Waals surface area contributed by atoms with Gasteiger partial charge < -0.3 is 9.84 Å². The first-order valence-corrected chi connectivity index (χ1v) is 3.34. The summed E-state index contributed by atoms with van der Waals surface area (Å²) in [5.74, 6) is -0.859. The predicted molar refractivity (Wildman–Crippen MR) is 35.5 cm³/mol. The molecule has 10 heavy (non-hydrogen) atoms. The van der Waals surface area contributed by atoms with Gasteiger partial charge in [-0.25, -0.2) is 4.79 Å². The number of carbonyl (C=O) groups is 1. The van der Waals surface area contributed by atoms with Crippen LogP contribution in [0, 0.1) is 0 Å². The van der Waals surface area contributed by atoms with Crippen LogP contribution in [0.4, 0.5) is 0 Å². The molecule has 0 aromatic rings. The summed E-state index contributed by atoms with van der Waals surface area (Å²) in [5.41, 5.74) is 0.387. The van der Waals surface area contributed by atoms with Gasteiger partial charge in [-0.2, -0.15) is 0 Å². The van der Waals surface area contributed by atoms with Gasteiger partial charge in [0.1, 0.15) is 0 Å². The summed E-state index contributed by atoms with van der Waals surface area (Å²) in [4.78, 5) is 10.4. The predicted octanol–water partition coefficient (Wildman–Crippen LogP) is 1.16. The highest BCUT2D eigenvalue weighted by Crippen LogP contribution is 2.11. The third-order valence-electron chi connectivity index (χ3n) is 1.46. The number of hydrogen-bond acceptors (Lipinski definition) is 2. The lowest BCUT2D eigenvalue weighted by Crippen LogP contribution is -1.99. The molecule has 1 heterocycles. The van der Waals surface area contributed by atoms with E-state index in [1.54, 1.807) is 0 Å². The van der Waals surface area contributed by atoms with Gasteiger partial charge in [-0.15, -0.1) is 0 Å². The van der Waals surface area contributed by atoms with Gasteiger partial charge in [-0.1, -0.05) is 0 Å². The van der Waals surface area contributed by atoms with E-state index in [1.165, 1.54) is 6.26 Å². The third-order valence-corrected chi connectivity index (χ3v) is 1.46. The molecule has 0 amide bonds. The zero-order chi connectivity index (χ0) is 7.40. The number of hydrogen-bond donors (Lipinski definition) is 1. The lowest BCUT2D eigenvalue weighted by atomic mass is 10.1. The van der Waals surface area contributed by atoms with Crippen molar-refractivity contribution in [2.24, 2.45) is 0 Å².